The molecular formula is C14H11N3O. The third-order valence-electron chi connectivity index (χ3n) is 2.38. The van der Waals surface area contributed by atoms with Crippen molar-refractivity contribution in [1.82, 2.24) is 0 Å². The molecule has 0 radical (unpaired) electrons. The predicted molar refractivity (Wildman–Crippen MR) is 69.2 cm³/mol. The molecule has 0 bridgehead atoms. The largest absolute Gasteiger partial charge is 0.392 e. The van der Waals surface area contributed by atoms with E-state index in [2.05, 4.69) is 15.1 Å². The van der Waals surface area contributed by atoms with Crippen molar-refractivity contribution in [2.24, 2.45) is 10.2 Å². The van der Waals surface area contributed by atoms with Crippen molar-refractivity contribution in [2.75, 3.05) is 0 Å². The standard InChI is InChI=1S/C14H11N3O/c1-15-12-6-8-14(9-7-12)17-16-13-4-2-11(10-18)3-5-13/h2-9,18H,10H2. The lowest BCUT2D eigenvalue weighted by Crippen LogP contribution is -1.79. The summed E-state index contributed by atoms with van der Waals surface area (Å²) < 4.78 is 0. The summed E-state index contributed by atoms with van der Waals surface area (Å²) in [5.74, 6) is 0. The fraction of sp³-hybridized carbons (Fsp3) is 0.0714. The number of aliphatic hydroxyl groups excluding tert-OH is 1. The van der Waals surface area contributed by atoms with Crippen LogP contribution >= 0.6 is 0 Å². The zero-order valence-electron chi connectivity index (χ0n) is 9.61. The molecule has 18 heavy (non-hydrogen) atoms. The maximum absolute atomic E-state index is 8.91. The first kappa shape index (κ1) is 12.0. The van der Waals surface area contributed by atoms with Crippen molar-refractivity contribution in [3.8, 4) is 0 Å². The van der Waals surface area contributed by atoms with Gasteiger partial charge in [-0.1, -0.05) is 24.3 Å². The van der Waals surface area contributed by atoms with Gasteiger partial charge in [-0.3, -0.25) is 0 Å². The van der Waals surface area contributed by atoms with E-state index in [1.807, 2.05) is 0 Å². The van der Waals surface area contributed by atoms with Gasteiger partial charge in [-0.15, -0.1) is 0 Å². The molecule has 0 unspecified atom stereocenters. The molecule has 88 valence electrons. The van der Waals surface area contributed by atoms with E-state index in [1.165, 1.54) is 0 Å². The number of aliphatic hydroxyl groups is 1. The summed E-state index contributed by atoms with van der Waals surface area (Å²) in [4.78, 5) is 3.30. The molecule has 0 atom stereocenters. The summed E-state index contributed by atoms with van der Waals surface area (Å²) in [6.45, 7) is 6.86. The maximum atomic E-state index is 8.91. The van der Waals surface area contributed by atoms with Gasteiger partial charge in [0.1, 0.15) is 0 Å². The van der Waals surface area contributed by atoms with Crippen LogP contribution in [0.5, 0.6) is 0 Å². The summed E-state index contributed by atoms with van der Waals surface area (Å²) >= 11 is 0. The van der Waals surface area contributed by atoms with Crippen LogP contribution in [0.4, 0.5) is 17.1 Å². The zero-order chi connectivity index (χ0) is 12.8. The van der Waals surface area contributed by atoms with Crippen LogP contribution in [0.25, 0.3) is 4.85 Å². The SMILES string of the molecule is [C-]#[N+]c1ccc(N=Nc2ccc(CO)cc2)cc1. The van der Waals surface area contributed by atoms with Crippen LogP contribution in [-0.2, 0) is 6.61 Å². The zero-order valence-corrected chi connectivity index (χ0v) is 9.61. The van der Waals surface area contributed by atoms with Crippen LogP contribution in [0.15, 0.2) is 58.8 Å². The number of azo groups is 1. The highest BCUT2D eigenvalue weighted by Crippen LogP contribution is 2.21. The molecule has 0 amide bonds. The van der Waals surface area contributed by atoms with E-state index < -0.39 is 0 Å². The monoisotopic (exact) mass is 237 g/mol. The van der Waals surface area contributed by atoms with Crippen LogP contribution in [0.1, 0.15) is 5.56 Å². The molecule has 4 heteroatoms. The van der Waals surface area contributed by atoms with Gasteiger partial charge in [0, 0.05) is 0 Å². The molecule has 0 saturated heterocycles. The van der Waals surface area contributed by atoms with Crippen LogP contribution in [0.3, 0.4) is 0 Å². The van der Waals surface area contributed by atoms with E-state index in [9.17, 15) is 0 Å². The third kappa shape index (κ3) is 3.00. The predicted octanol–water partition coefficient (Wildman–Crippen LogP) is 4.15. The summed E-state index contributed by atoms with van der Waals surface area (Å²) in [6, 6.07) is 14.1. The van der Waals surface area contributed by atoms with E-state index in [0.29, 0.717) is 11.4 Å². The molecule has 2 aromatic rings. The molecule has 0 fully saturated rings. The van der Waals surface area contributed by atoms with Gasteiger partial charge < -0.3 is 5.11 Å². The Labute approximate surface area is 105 Å². The van der Waals surface area contributed by atoms with Gasteiger partial charge >= 0.3 is 0 Å². The number of rotatable bonds is 3. The molecule has 1 N–H and O–H groups in total. The Morgan fingerprint density at radius 3 is 1.83 bits per heavy atom. The highest BCUT2D eigenvalue weighted by molar-refractivity contribution is 5.51. The van der Waals surface area contributed by atoms with Gasteiger partial charge in [0.25, 0.3) is 0 Å². The number of nitrogens with zero attached hydrogens (tertiary/aromatic N) is 3. The van der Waals surface area contributed by atoms with Crippen molar-refractivity contribution in [2.45, 2.75) is 6.61 Å². The number of hydrogen-bond acceptors (Lipinski definition) is 3. The van der Waals surface area contributed by atoms with Gasteiger partial charge in [0.15, 0.2) is 5.69 Å². The Morgan fingerprint density at radius 2 is 1.39 bits per heavy atom. The summed E-state index contributed by atoms with van der Waals surface area (Å²) in [6.07, 6.45) is 0. The van der Waals surface area contributed by atoms with E-state index in [1.54, 1.807) is 48.5 Å². The van der Waals surface area contributed by atoms with Crippen molar-refractivity contribution in [3.05, 3.63) is 65.5 Å². The van der Waals surface area contributed by atoms with Crippen LogP contribution < -0.4 is 0 Å². The lowest BCUT2D eigenvalue weighted by Gasteiger charge is -1.96. The number of benzene rings is 2. The van der Waals surface area contributed by atoms with E-state index in [4.69, 9.17) is 11.7 Å². The fourth-order valence-corrected chi connectivity index (χ4v) is 1.38. The Balaban J connectivity index is 2.11. The first-order valence-corrected chi connectivity index (χ1v) is 5.41. The number of hydrogen-bond donors (Lipinski definition) is 1. The molecule has 0 aliphatic carbocycles. The van der Waals surface area contributed by atoms with Gasteiger partial charge in [-0.2, -0.15) is 10.2 Å². The van der Waals surface area contributed by atoms with Gasteiger partial charge in [0.05, 0.1) is 24.6 Å². The minimum Gasteiger partial charge on any atom is -0.392 e. The average molecular weight is 237 g/mol. The van der Waals surface area contributed by atoms with E-state index >= 15 is 0 Å². The fourth-order valence-electron chi connectivity index (χ4n) is 1.38. The molecule has 0 aromatic heterocycles. The molecule has 0 saturated carbocycles. The Kier molecular flexibility index (Phi) is 3.79. The third-order valence-corrected chi connectivity index (χ3v) is 2.38. The van der Waals surface area contributed by atoms with E-state index in [0.717, 1.165) is 11.3 Å². The minimum atomic E-state index is 0.0233. The molecule has 4 nitrogen and oxygen atoms in total. The summed E-state index contributed by atoms with van der Waals surface area (Å²) in [5, 5.41) is 17.0. The molecule has 2 rings (SSSR count). The van der Waals surface area contributed by atoms with Crippen LogP contribution in [0, 0.1) is 6.57 Å². The average Bonchev–Trinajstić information content (AvgIpc) is 2.46. The van der Waals surface area contributed by atoms with Crippen molar-refractivity contribution in [1.29, 1.82) is 0 Å². The maximum Gasteiger partial charge on any atom is 0.187 e. The second-order valence-electron chi connectivity index (χ2n) is 3.65. The Morgan fingerprint density at radius 1 is 0.889 bits per heavy atom. The van der Waals surface area contributed by atoms with E-state index in [-0.39, 0.29) is 6.61 Å². The van der Waals surface area contributed by atoms with Crippen molar-refractivity contribution >= 4 is 17.1 Å². The smallest absolute Gasteiger partial charge is 0.187 e. The van der Waals surface area contributed by atoms with Gasteiger partial charge in [-0.05, 0) is 29.8 Å². The minimum absolute atomic E-state index is 0.0233. The molecular weight excluding hydrogens is 226 g/mol. The van der Waals surface area contributed by atoms with Crippen molar-refractivity contribution in [3.63, 3.8) is 0 Å². The normalized spacial score (nSPS) is 10.4. The second kappa shape index (κ2) is 5.71. The molecule has 0 spiro atoms. The topological polar surface area (TPSA) is 49.3 Å². The highest BCUT2D eigenvalue weighted by atomic mass is 16.3. The Hall–Kier alpha value is -2.51. The molecule has 2 aromatic carbocycles. The lowest BCUT2D eigenvalue weighted by atomic mass is 10.2. The van der Waals surface area contributed by atoms with Gasteiger partial charge in [0.2, 0.25) is 0 Å². The first-order chi connectivity index (χ1) is 8.81. The quantitative estimate of drug-likeness (QED) is 0.632. The molecule has 0 heterocycles. The van der Waals surface area contributed by atoms with Gasteiger partial charge in [-0.25, -0.2) is 4.85 Å². The molecule has 0 aliphatic rings. The second-order valence-corrected chi connectivity index (χ2v) is 3.65. The Bertz CT molecular complexity index is 580. The first-order valence-electron chi connectivity index (χ1n) is 5.41. The van der Waals surface area contributed by atoms with Crippen LogP contribution in [0.2, 0.25) is 0 Å². The van der Waals surface area contributed by atoms with Crippen molar-refractivity contribution < 1.29 is 5.11 Å². The van der Waals surface area contributed by atoms with Crippen LogP contribution in [-0.4, -0.2) is 5.11 Å². The summed E-state index contributed by atoms with van der Waals surface area (Å²) in [5.41, 5.74) is 2.85. The highest BCUT2D eigenvalue weighted by Gasteiger charge is 1.93. The molecule has 0 aliphatic heterocycles. The summed E-state index contributed by atoms with van der Waals surface area (Å²) in [7, 11) is 0. The lowest BCUT2D eigenvalue weighted by molar-refractivity contribution is 0.282.